The minimum Gasteiger partial charge on any atom is -0.481 e. The van der Waals surface area contributed by atoms with Crippen molar-refractivity contribution in [3.63, 3.8) is 0 Å². The Morgan fingerprint density at radius 3 is 2.62 bits per heavy atom. The van der Waals surface area contributed by atoms with Gasteiger partial charge in [-0.15, -0.1) is 6.58 Å². The lowest BCUT2D eigenvalue weighted by Crippen LogP contribution is -2.59. The summed E-state index contributed by atoms with van der Waals surface area (Å²) in [6.45, 7) is 7.70. The number of aliphatic carboxylic acids is 1. The van der Waals surface area contributed by atoms with E-state index in [-0.39, 0.29) is 25.0 Å². The number of nitrogens with zero attached hydrogens (tertiary/aromatic N) is 2. The summed E-state index contributed by atoms with van der Waals surface area (Å²) in [5, 5.41) is 22.4. The van der Waals surface area contributed by atoms with E-state index in [2.05, 4.69) is 6.58 Å². The first-order valence-corrected chi connectivity index (χ1v) is 13.0. The molecule has 8 nitrogen and oxygen atoms in total. The highest BCUT2D eigenvalue weighted by molar-refractivity contribution is 6.05. The summed E-state index contributed by atoms with van der Waals surface area (Å²) in [6, 6.07) is 11.9. The van der Waals surface area contributed by atoms with Gasteiger partial charge < -0.3 is 24.7 Å². The summed E-state index contributed by atoms with van der Waals surface area (Å²) in [6.07, 6.45) is 2.41. The second-order valence-corrected chi connectivity index (χ2v) is 10.9. The quantitative estimate of drug-likeness (QED) is 0.506. The largest absolute Gasteiger partial charge is 0.481 e. The number of carbonyl (C=O) groups excluding carboxylic acids is 2. The number of anilines is 1. The van der Waals surface area contributed by atoms with E-state index in [4.69, 9.17) is 4.74 Å². The maximum Gasteiger partial charge on any atom is 0.310 e. The SMILES string of the molecule is C=CCN(C(=O)[C@H]1N([C@@H](CO)CC(C)C)C(=O)[C@@H]2[C@@H](C(=O)O)[C@H]3CC[C@]21O3)c1ccc2ccccc2c1. The molecule has 3 heterocycles. The van der Waals surface area contributed by atoms with Gasteiger partial charge in [0, 0.05) is 12.2 Å². The number of aliphatic hydroxyl groups excluding tert-OH is 1. The van der Waals surface area contributed by atoms with Crippen LogP contribution in [0.25, 0.3) is 10.8 Å². The molecule has 5 rings (SSSR count). The van der Waals surface area contributed by atoms with Crippen LogP contribution >= 0.6 is 0 Å². The van der Waals surface area contributed by atoms with Crippen LogP contribution in [0.4, 0.5) is 5.69 Å². The molecule has 2 aromatic carbocycles. The molecule has 1 spiro atoms. The van der Waals surface area contributed by atoms with Gasteiger partial charge in [-0.2, -0.15) is 0 Å². The molecular formula is C29H34N2O6. The molecular weight excluding hydrogens is 472 g/mol. The van der Waals surface area contributed by atoms with Gasteiger partial charge in [-0.05, 0) is 48.1 Å². The monoisotopic (exact) mass is 506 g/mol. The molecule has 8 heteroatoms. The average Bonchev–Trinajstić information content (AvgIpc) is 3.52. The normalized spacial score (nSPS) is 29.1. The molecule has 3 saturated heterocycles. The van der Waals surface area contributed by atoms with Gasteiger partial charge >= 0.3 is 5.97 Å². The molecule has 2 aromatic rings. The summed E-state index contributed by atoms with van der Waals surface area (Å²) in [7, 11) is 0. The van der Waals surface area contributed by atoms with Crippen LogP contribution in [-0.4, -0.2) is 69.8 Å². The summed E-state index contributed by atoms with van der Waals surface area (Å²) in [5.41, 5.74) is -0.578. The number of hydrogen-bond acceptors (Lipinski definition) is 5. The smallest absolute Gasteiger partial charge is 0.310 e. The van der Waals surface area contributed by atoms with E-state index in [1.807, 2.05) is 56.3 Å². The van der Waals surface area contributed by atoms with Crippen molar-refractivity contribution in [2.75, 3.05) is 18.1 Å². The van der Waals surface area contributed by atoms with Gasteiger partial charge in [0.25, 0.3) is 5.91 Å². The Hall–Kier alpha value is -3.23. The summed E-state index contributed by atoms with van der Waals surface area (Å²) >= 11 is 0. The van der Waals surface area contributed by atoms with E-state index >= 15 is 0 Å². The lowest BCUT2D eigenvalue weighted by Gasteiger charge is -2.39. The van der Waals surface area contributed by atoms with Crippen molar-refractivity contribution in [2.45, 2.75) is 56.9 Å². The third-order valence-corrected chi connectivity index (χ3v) is 8.23. The van der Waals surface area contributed by atoms with Crippen molar-refractivity contribution in [3.8, 4) is 0 Å². The van der Waals surface area contributed by atoms with Crippen molar-refractivity contribution in [2.24, 2.45) is 17.8 Å². The molecule has 0 saturated carbocycles. The molecule has 2 N–H and O–H groups in total. The van der Waals surface area contributed by atoms with Gasteiger partial charge in [0.15, 0.2) is 0 Å². The minimum absolute atomic E-state index is 0.149. The molecule has 3 fully saturated rings. The van der Waals surface area contributed by atoms with Crippen LogP contribution in [0.1, 0.15) is 33.1 Å². The Balaban J connectivity index is 1.62. The Labute approximate surface area is 216 Å². The van der Waals surface area contributed by atoms with Gasteiger partial charge in [-0.1, -0.05) is 50.3 Å². The Morgan fingerprint density at radius 2 is 1.97 bits per heavy atom. The van der Waals surface area contributed by atoms with Crippen molar-refractivity contribution in [1.82, 2.24) is 4.90 Å². The van der Waals surface area contributed by atoms with Crippen molar-refractivity contribution < 1.29 is 29.3 Å². The molecule has 6 atom stereocenters. The van der Waals surface area contributed by atoms with Crippen LogP contribution in [0.2, 0.25) is 0 Å². The van der Waals surface area contributed by atoms with Gasteiger partial charge in [0.2, 0.25) is 5.91 Å². The molecule has 0 aliphatic carbocycles. The lowest BCUT2D eigenvalue weighted by molar-refractivity contribution is -0.151. The highest BCUT2D eigenvalue weighted by Gasteiger charge is 2.75. The molecule has 37 heavy (non-hydrogen) atoms. The van der Waals surface area contributed by atoms with Gasteiger partial charge in [0.05, 0.1) is 30.6 Å². The third-order valence-electron chi connectivity index (χ3n) is 8.23. The van der Waals surface area contributed by atoms with Crippen LogP contribution in [0.15, 0.2) is 55.1 Å². The average molecular weight is 507 g/mol. The molecule has 0 aromatic heterocycles. The highest BCUT2D eigenvalue weighted by Crippen LogP contribution is 2.59. The highest BCUT2D eigenvalue weighted by atomic mass is 16.5. The minimum atomic E-state index is -1.23. The first kappa shape index (κ1) is 25.4. The fraction of sp³-hybridized carbons (Fsp3) is 0.483. The van der Waals surface area contributed by atoms with Crippen molar-refractivity contribution in [3.05, 3.63) is 55.1 Å². The summed E-state index contributed by atoms with van der Waals surface area (Å²) < 4.78 is 6.33. The van der Waals surface area contributed by atoms with Gasteiger partial charge in [-0.25, -0.2) is 0 Å². The van der Waals surface area contributed by atoms with Crippen LogP contribution in [0.5, 0.6) is 0 Å². The lowest BCUT2D eigenvalue weighted by atomic mass is 9.70. The van der Waals surface area contributed by atoms with E-state index < -0.39 is 47.5 Å². The maximum atomic E-state index is 14.5. The number of carbonyl (C=O) groups is 3. The number of aliphatic hydroxyl groups is 1. The number of amides is 2. The molecule has 3 aliphatic rings. The third kappa shape index (κ3) is 3.94. The molecule has 2 bridgehead atoms. The number of rotatable bonds is 9. The summed E-state index contributed by atoms with van der Waals surface area (Å²) in [5.74, 6) is -3.66. The fourth-order valence-corrected chi connectivity index (χ4v) is 6.81. The predicted octanol–water partition coefficient (Wildman–Crippen LogP) is 3.23. The Kier molecular flexibility index (Phi) is 6.58. The molecule has 3 aliphatic heterocycles. The number of benzene rings is 2. The molecule has 196 valence electrons. The number of likely N-dealkylation sites (tertiary alicyclic amines) is 1. The van der Waals surface area contributed by atoms with Crippen LogP contribution < -0.4 is 4.90 Å². The number of carboxylic acids is 1. The van der Waals surface area contributed by atoms with Crippen molar-refractivity contribution >= 4 is 34.2 Å². The Bertz CT molecular complexity index is 1240. The van der Waals surface area contributed by atoms with Crippen LogP contribution in [0, 0.1) is 17.8 Å². The number of fused-ring (bicyclic) bond motifs is 2. The molecule has 0 unspecified atom stereocenters. The second-order valence-electron chi connectivity index (χ2n) is 10.9. The van der Waals surface area contributed by atoms with Crippen LogP contribution in [-0.2, 0) is 19.1 Å². The van der Waals surface area contributed by atoms with Crippen molar-refractivity contribution in [1.29, 1.82) is 0 Å². The van der Waals surface area contributed by atoms with E-state index in [0.29, 0.717) is 24.9 Å². The summed E-state index contributed by atoms with van der Waals surface area (Å²) in [4.78, 5) is 43.8. The fourth-order valence-electron chi connectivity index (χ4n) is 6.81. The number of carboxylic acid groups (broad SMARTS) is 1. The van der Waals surface area contributed by atoms with Gasteiger partial charge in [-0.3, -0.25) is 14.4 Å². The first-order valence-electron chi connectivity index (χ1n) is 13.0. The number of hydrogen-bond donors (Lipinski definition) is 2. The topological polar surface area (TPSA) is 107 Å². The predicted molar refractivity (Wildman–Crippen MR) is 139 cm³/mol. The Morgan fingerprint density at radius 1 is 1.24 bits per heavy atom. The standard InChI is InChI=1S/C29H34N2O6/c1-4-13-30(20-10-9-18-7-5-6-8-19(18)15-20)27(34)25-29-12-11-22(37-29)23(28(35)36)24(29)26(33)31(25)21(16-32)14-17(2)3/h4-10,15,17,21-25,32H,1,11-14,16H2,2-3H3,(H,35,36)/t21-,22-,23+,24+,25-,29+/m1/s1. The number of ether oxygens (including phenoxy) is 1. The maximum absolute atomic E-state index is 14.5. The second kappa shape index (κ2) is 9.58. The van der Waals surface area contributed by atoms with E-state index in [0.717, 1.165) is 10.8 Å². The van der Waals surface area contributed by atoms with Crippen LogP contribution in [0.3, 0.4) is 0 Å². The van der Waals surface area contributed by atoms with Gasteiger partial charge in [0.1, 0.15) is 11.6 Å². The zero-order valence-electron chi connectivity index (χ0n) is 21.2. The zero-order valence-corrected chi connectivity index (χ0v) is 21.2. The van der Waals surface area contributed by atoms with E-state index in [1.54, 1.807) is 11.0 Å². The molecule has 2 amide bonds. The van der Waals surface area contributed by atoms with E-state index in [9.17, 15) is 24.6 Å². The van der Waals surface area contributed by atoms with E-state index in [1.165, 1.54) is 4.90 Å². The molecule has 0 radical (unpaired) electrons. The zero-order chi connectivity index (χ0) is 26.5. The first-order chi connectivity index (χ1) is 17.7.